The number of nitrogens with one attached hydrogen (secondary N) is 1. The smallest absolute Gasteiger partial charge is 0.133 e. The van der Waals surface area contributed by atoms with Crippen molar-refractivity contribution in [3.05, 3.63) is 34.9 Å². The Morgan fingerprint density at radius 3 is 2.50 bits per heavy atom. The largest absolute Gasteiger partial charge is 0.310 e. The van der Waals surface area contributed by atoms with Crippen LogP contribution in [0.15, 0.2) is 12.1 Å². The lowest BCUT2D eigenvalue weighted by atomic mass is 9.97. The highest BCUT2D eigenvalue weighted by molar-refractivity contribution is 5.29. The Bertz CT molecular complexity index is 377. The topological polar surface area (TPSA) is 12.0 Å². The predicted octanol–water partition coefficient (Wildman–Crippen LogP) is 4.50. The quantitative estimate of drug-likeness (QED) is 0.707. The van der Waals surface area contributed by atoms with Gasteiger partial charge >= 0.3 is 0 Å². The Hall–Kier alpha value is -0.960. The zero-order chi connectivity index (χ0) is 13.5. The summed E-state index contributed by atoms with van der Waals surface area (Å²) < 4.78 is 27.9. The van der Waals surface area contributed by atoms with Gasteiger partial charge in [0.05, 0.1) is 0 Å². The van der Waals surface area contributed by atoms with Gasteiger partial charge in [0.25, 0.3) is 0 Å². The molecule has 0 saturated heterocycles. The lowest BCUT2D eigenvalue weighted by Gasteiger charge is -2.20. The highest BCUT2D eigenvalue weighted by atomic mass is 19.1. The summed E-state index contributed by atoms with van der Waals surface area (Å²) in [6.45, 7) is 6.46. The van der Waals surface area contributed by atoms with Crippen LogP contribution in [-0.2, 0) is 0 Å². The predicted molar refractivity (Wildman–Crippen MR) is 71.7 cm³/mol. The first-order chi connectivity index (χ1) is 8.61. The second-order valence-corrected chi connectivity index (χ2v) is 4.70. The van der Waals surface area contributed by atoms with E-state index in [4.69, 9.17) is 0 Å². The molecule has 3 heteroatoms. The van der Waals surface area contributed by atoms with Crippen molar-refractivity contribution in [2.75, 3.05) is 6.54 Å². The maximum atomic E-state index is 14.1. The molecule has 0 bridgehead atoms. The standard InChI is InChI=1S/C15H23F2N/c1-4-6-7-8-13(18-5-2)14-12(16)10-9-11(3)15(14)17/h9-10,13,18H,4-8H2,1-3H3. The second-order valence-electron chi connectivity index (χ2n) is 4.70. The number of hydrogen-bond acceptors (Lipinski definition) is 1. The highest BCUT2D eigenvalue weighted by Gasteiger charge is 2.20. The van der Waals surface area contributed by atoms with Crippen LogP contribution in [0.1, 0.15) is 56.7 Å². The lowest BCUT2D eigenvalue weighted by molar-refractivity contribution is 0.437. The molecule has 1 aromatic rings. The second kappa shape index (κ2) is 7.47. The summed E-state index contributed by atoms with van der Waals surface area (Å²) in [5.74, 6) is -0.849. The van der Waals surface area contributed by atoms with E-state index >= 15 is 0 Å². The van der Waals surface area contributed by atoms with Crippen LogP contribution in [-0.4, -0.2) is 6.54 Å². The molecule has 0 amide bonds. The zero-order valence-electron chi connectivity index (χ0n) is 11.5. The van der Waals surface area contributed by atoms with Gasteiger partial charge in [-0.25, -0.2) is 8.78 Å². The fourth-order valence-electron chi connectivity index (χ4n) is 2.19. The van der Waals surface area contributed by atoms with Gasteiger partial charge in [-0.3, -0.25) is 0 Å². The Labute approximate surface area is 109 Å². The first-order valence-corrected chi connectivity index (χ1v) is 6.79. The maximum Gasteiger partial charge on any atom is 0.133 e. The third kappa shape index (κ3) is 3.77. The number of unbranched alkanes of at least 4 members (excludes halogenated alkanes) is 2. The molecule has 1 unspecified atom stereocenters. The van der Waals surface area contributed by atoms with Gasteiger partial charge in [-0.1, -0.05) is 39.2 Å². The van der Waals surface area contributed by atoms with Crippen molar-refractivity contribution < 1.29 is 8.78 Å². The molecule has 18 heavy (non-hydrogen) atoms. The Balaban J connectivity index is 2.93. The first kappa shape index (κ1) is 15.1. The highest BCUT2D eigenvalue weighted by Crippen LogP contribution is 2.27. The Kier molecular flexibility index (Phi) is 6.27. The SMILES string of the molecule is CCCCCC(NCC)c1c(F)ccc(C)c1F. The molecular weight excluding hydrogens is 232 g/mol. The van der Waals surface area contributed by atoms with Gasteiger partial charge in [0.1, 0.15) is 11.6 Å². The van der Waals surface area contributed by atoms with Crippen LogP contribution in [0.5, 0.6) is 0 Å². The number of rotatable bonds is 7. The summed E-state index contributed by atoms with van der Waals surface area (Å²) in [7, 11) is 0. The number of benzene rings is 1. The van der Waals surface area contributed by atoms with Crippen molar-refractivity contribution in [2.45, 2.75) is 52.5 Å². The number of aryl methyl sites for hydroxylation is 1. The van der Waals surface area contributed by atoms with E-state index in [1.807, 2.05) is 6.92 Å². The minimum Gasteiger partial charge on any atom is -0.310 e. The zero-order valence-corrected chi connectivity index (χ0v) is 11.5. The first-order valence-electron chi connectivity index (χ1n) is 6.79. The van der Waals surface area contributed by atoms with E-state index in [0.29, 0.717) is 12.1 Å². The lowest BCUT2D eigenvalue weighted by Crippen LogP contribution is -2.23. The van der Waals surface area contributed by atoms with Crippen molar-refractivity contribution >= 4 is 0 Å². The molecule has 1 aromatic carbocycles. The van der Waals surface area contributed by atoms with E-state index in [9.17, 15) is 8.78 Å². The van der Waals surface area contributed by atoms with E-state index in [2.05, 4.69) is 12.2 Å². The minimum atomic E-state index is -0.444. The summed E-state index contributed by atoms with van der Waals surface area (Å²) in [6.07, 6.45) is 3.97. The molecule has 1 rings (SSSR count). The van der Waals surface area contributed by atoms with Gasteiger partial charge in [0, 0.05) is 11.6 Å². The molecule has 1 nitrogen and oxygen atoms in total. The Morgan fingerprint density at radius 2 is 1.89 bits per heavy atom. The fourth-order valence-corrected chi connectivity index (χ4v) is 2.19. The third-order valence-corrected chi connectivity index (χ3v) is 3.21. The van der Waals surface area contributed by atoms with Gasteiger partial charge in [-0.05, 0) is 31.5 Å². The minimum absolute atomic E-state index is 0.202. The number of halogens is 2. The summed E-state index contributed by atoms with van der Waals surface area (Å²) in [6, 6.07) is 2.63. The van der Waals surface area contributed by atoms with Gasteiger partial charge in [-0.2, -0.15) is 0 Å². The van der Waals surface area contributed by atoms with Crippen molar-refractivity contribution in [1.29, 1.82) is 0 Å². The maximum absolute atomic E-state index is 14.1. The number of hydrogen-bond donors (Lipinski definition) is 1. The van der Waals surface area contributed by atoms with Gasteiger partial charge in [-0.15, -0.1) is 0 Å². The molecule has 0 spiro atoms. The van der Waals surface area contributed by atoms with Gasteiger partial charge in [0.15, 0.2) is 0 Å². The molecule has 0 aliphatic heterocycles. The van der Waals surface area contributed by atoms with Crippen LogP contribution < -0.4 is 5.32 Å². The molecule has 0 fully saturated rings. The summed E-state index contributed by atoms with van der Waals surface area (Å²) >= 11 is 0. The molecule has 0 aliphatic rings. The third-order valence-electron chi connectivity index (χ3n) is 3.21. The van der Waals surface area contributed by atoms with Crippen LogP contribution in [0, 0.1) is 18.6 Å². The van der Waals surface area contributed by atoms with E-state index in [0.717, 1.165) is 25.7 Å². The van der Waals surface area contributed by atoms with E-state index in [-0.39, 0.29) is 11.6 Å². The summed E-state index contributed by atoms with van der Waals surface area (Å²) in [5.41, 5.74) is 0.706. The monoisotopic (exact) mass is 255 g/mol. The van der Waals surface area contributed by atoms with E-state index < -0.39 is 11.6 Å². The van der Waals surface area contributed by atoms with Crippen molar-refractivity contribution in [3.63, 3.8) is 0 Å². The van der Waals surface area contributed by atoms with E-state index in [1.54, 1.807) is 6.92 Å². The average molecular weight is 255 g/mol. The van der Waals surface area contributed by atoms with E-state index in [1.165, 1.54) is 12.1 Å². The van der Waals surface area contributed by atoms with Gasteiger partial charge < -0.3 is 5.32 Å². The fraction of sp³-hybridized carbons (Fsp3) is 0.600. The Morgan fingerprint density at radius 1 is 1.17 bits per heavy atom. The molecule has 1 atom stereocenters. The van der Waals surface area contributed by atoms with Crippen LogP contribution in [0.4, 0.5) is 8.78 Å². The summed E-state index contributed by atoms with van der Waals surface area (Å²) in [4.78, 5) is 0. The molecule has 0 aromatic heterocycles. The molecule has 0 heterocycles. The van der Waals surface area contributed by atoms with Crippen molar-refractivity contribution in [1.82, 2.24) is 5.32 Å². The average Bonchev–Trinajstić information content (AvgIpc) is 2.35. The molecule has 0 radical (unpaired) electrons. The van der Waals surface area contributed by atoms with Crippen LogP contribution in [0.25, 0.3) is 0 Å². The van der Waals surface area contributed by atoms with Crippen LogP contribution in [0.3, 0.4) is 0 Å². The molecule has 0 saturated carbocycles. The van der Waals surface area contributed by atoms with Crippen LogP contribution in [0.2, 0.25) is 0 Å². The van der Waals surface area contributed by atoms with Crippen molar-refractivity contribution in [2.24, 2.45) is 0 Å². The molecule has 1 N–H and O–H groups in total. The molecule has 102 valence electrons. The summed E-state index contributed by atoms with van der Waals surface area (Å²) in [5, 5.41) is 3.19. The van der Waals surface area contributed by atoms with Gasteiger partial charge in [0.2, 0.25) is 0 Å². The molecular formula is C15H23F2N. The van der Waals surface area contributed by atoms with Crippen LogP contribution >= 0.6 is 0 Å². The van der Waals surface area contributed by atoms with Crippen molar-refractivity contribution in [3.8, 4) is 0 Å². The normalized spacial score (nSPS) is 12.7. The molecule has 0 aliphatic carbocycles.